The number of hydrogen-bond acceptors (Lipinski definition) is 4. The quantitative estimate of drug-likeness (QED) is 0.557. The molecular weight excluding hydrogens is 324 g/mol. The van der Waals surface area contributed by atoms with E-state index in [1.807, 2.05) is 61.5 Å². The van der Waals surface area contributed by atoms with Crippen molar-refractivity contribution in [3.63, 3.8) is 0 Å². The first kappa shape index (κ1) is 16.1. The Bertz CT molecular complexity index is 1020. The van der Waals surface area contributed by atoms with Crippen LogP contribution in [0.1, 0.15) is 11.3 Å². The molecule has 4 aromatic rings. The van der Waals surface area contributed by atoms with Crippen molar-refractivity contribution in [2.24, 2.45) is 0 Å². The van der Waals surface area contributed by atoms with Crippen molar-refractivity contribution < 1.29 is 4.74 Å². The molecule has 26 heavy (non-hydrogen) atoms. The van der Waals surface area contributed by atoms with Gasteiger partial charge in [0.1, 0.15) is 17.2 Å². The van der Waals surface area contributed by atoms with Crippen LogP contribution in [0.2, 0.25) is 0 Å². The number of aromatic nitrogens is 3. The van der Waals surface area contributed by atoms with Gasteiger partial charge in [-0.2, -0.15) is 0 Å². The summed E-state index contributed by atoms with van der Waals surface area (Å²) in [6.07, 6.45) is 0. The molecule has 130 valence electrons. The highest BCUT2D eigenvalue weighted by atomic mass is 16.5. The number of anilines is 1. The van der Waals surface area contributed by atoms with Crippen molar-refractivity contribution in [2.45, 2.75) is 13.5 Å². The summed E-state index contributed by atoms with van der Waals surface area (Å²) in [6.45, 7) is 2.70. The summed E-state index contributed by atoms with van der Waals surface area (Å²) in [5, 5.41) is 4.45. The molecule has 0 saturated heterocycles. The maximum absolute atomic E-state index is 5.21. The van der Waals surface area contributed by atoms with E-state index in [1.165, 1.54) is 0 Å². The average Bonchev–Trinajstić information content (AvgIpc) is 3.07. The molecule has 0 amide bonds. The van der Waals surface area contributed by atoms with Crippen molar-refractivity contribution in [1.82, 2.24) is 15.0 Å². The van der Waals surface area contributed by atoms with Crippen LogP contribution in [0.3, 0.4) is 0 Å². The molecule has 0 unspecified atom stereocenters. The molecule has 5 nitrogen and oxygen atoms in total. The van der Waals surface area contributed by atoms with Crippen LogP contribution in [0.4, 0.5) is 5.82 Å². The molecule has 0 fully saturated rings. The third-order valence-corrected chi connectivity index (χ3v) is 4.27. The number of H-pyrrole nitrogens is 1. The smallest absolute Gasteiger partial charge is 0.163 e. The van der Waals surface area contributed by atoms with Gasteiger partial charge < -0.3 is 15.0 Å². The lowest BCUT2D eigenvalue weighted by molar-refractivity contribution is 0.414. The Morgan fingerprint density at radius 3 is 2.50 bits per heavy atom. The van der Waals surface area contributed by atoms with Crippen LogP contribution in [0, 0.1) is 6.92 Å². The molecular formula is C21H20N4O. The third-order valence-electron chi connectivity index (χ3n) is 4.27. The Kier molecular flexibility index (Phi) is 4.27. The van der Waals surface area contributed by atoms with Crippen LogP contribution in [0.25, 0.3) is 22.4 Å². The molecule has 0 spiro atoms. The Morgan fingerprint density at radius 2 is 1.77 bits per heavy atom. The summed E-state index contributed by atoms with van der Waals surface area (Å²) in [5.74, 6) is 2.39. The zero-order valence-corrected chi connectivity index (χ0v) is 14.8. The predicted octanol–water partition coefficient (Wildman–Crippen LogP) is 4.55. The summed E-state index contributed by atoms with van der Waals surface area (Å²) in [7, 11) is 1.67. The van der Waals surface area contributed by atoms with Gasteiger partial charge in [-0.25, -0.2) is 9.97 Å². The molecule has 0 aliphatic heterocycles. The lowest BCUT2D eigenvalue weighted by Crippen LogP contribution is -2.04. The first-order valence-electron chi connectivity index (χ1n) is 8.52. The minimum atomic E-state index is 0.675. The van der Waals surface area contributed by atoms with E-state index >= 15 is 0 Å². The van der Waals surface area contributed by atoms with Crippen molar-refractivity contribution in [1.29, 1.82) is 0 Å². The SMILES string of the molecule is COc1ccc(CNc2nc(-c3ccccc3)nc3[nH]c(C)cc23)cc1. The molecule has 0 radical (unpaired) electrons. The van der Waals surface area contributed by atoms with Crippen LogP contribution in [-0.2, 0) is 6.54 Å². The molecule has 0 aliphatic carbocycles. The van der Waals surface area contributed by atoms with Crippen molar-refractivity contribution in [2.75, 3.05) is 12.4 Å². The van der Waals surface area contributed by atoms with E-state index in [1.54, 1.807) is 7.11 Å². The second-order valence-corrected chi connectivity index (χ2v) is 6.18. The van der Waals surface area contributed by atoms with Crippen LogP contribution in [-0.4, -0.2) is 22.1 Å². The first-order chi connectivity index (χ1) is 12.7. The van der Waals surface area contributed by atoms with E-state index in [0.29, 0.717) is 12.4 Å². The van der Waals surface area contributed by atoms with Crippen LogP contribution >= 0.6 is 0 Å². The van der Waals surface area contributed by atoms with Crippen molar-refractivity contribution in [3.8, 4) is 17.1 Å². The standard InChI is InChI=1S/C21H20N4O/c1-14-12-18-20(22-13-15-8-10-17(26-2)11-9-15)24-19(25-21(18)23-14)16-6-4-3-5-7-16/h3-12H,13H2,1-2H3,(H2,22,23,24,25). The number of ether oxygens (including phenoxy) is 1. The minimum absolute atomic E-state index is 0.675. The minimum Gasteiger partial charge on any atom is -0.497 e. The van der Waals surface area contributed by atoms with Crippen molar-refractivity contribution >= 4 is 16.9 Å². The zero-order valence-electron chi connectivity index (χ0n) is 14.8. The highest BCUT2D eigenvalue weighted by molar-refractivity contribution is 5.89. The normalized spacial score (nSPS) is 10.8. The van der Waals surface area contributed by atoms with Gasteiger partial charge in [0.2, 0.25) is 0 Å². The zero-order chi connectivity index (χ0) is 17.9. The van der Waals surface area contributed by atoms with E-state index in [-0.39, 0.29) is 0 Å². The van der Waals surface area contributed by atoms with Gasteiger partial charge >= 0.3 is 0 Å². The van der Waals surface area contributed by atoms with E-state index in [9.17, 15) is 0 Å². The van der Waals surface area contributed by atoms with Crippen LogP contribution < -0.4 is 10.1 Å². The number of rotatable bonds is 5. The average molecular weight is 344 g/mol. The molecule has 0 atom stereocenters. The Hall–Kier alpha value is -3.34. The van der Waals surface area contributed by atoms with Gasteiger partial charge in [-0.05, 0) is 30.7 Å². The fourth-order valence-corrected chi connectivity index (χ4v) is 2.92. The van der Waals surface area contributed by atoms with E-state index in [0.717, 1.165) is 39.4 Å². The topological polar surface area (TPSA) is 62.8 Å². The number of aromatic amines is 1. The Balaban J connectivity index is 1.68. The number of nitrogens with zero attached hydrogens (tertiary/aromatic N) is 2. The maximum atomic E-state index is 5.21. The molecule has 2 N–H and O–H groups in total. The monoisotopic (exact) mass is 344 g/mol. The van der Waals surface area contributed by atoms with Gasteiger partial charge in [0.05, 0.1) is 12.5 Å². The van der Waals surface area contributed by atoms with Gasteiger partial charge in [-0.3, -0.25) is 0 Å². The van der Waals surface area contributed by atoms with E-state index in [2.05, 4.69) is 21.4 Å². The highest BCUT2D eigenvalue weighted by Crippen LogP contribution is 2.26. The highest BCUT2D eigenvalue weighted by Gasteiger charge is 2.11. The molecule has 0 bridgehead atoms. The number of methoxy groups -OCH3 is 1. The number of fused-ring (bicyclic) bond motifs is 1. The summed E-state index contributed by atoms with van der Waals surface area (Å²) in [4.78, 5) is 12.8. The van der Waals surface area contributed by atoms with Gasteiger partial charge in [0.15, 0.2) is 5.82 Å². The summed E-state index contributed by atoms with van der Waals surface area (Å²) in [6, 6.07) is 20.1. The Labute approximate surface area is 152 Å². The molecule has 0 aliphatic rings. The molecule has 2 heterocycles. The molecule has 2 aromatic heterocycles. The fourth-order valence-electron chi connectivity index (χ4n) is 2.92. The summed E-state index contributed by atoms with van der Waals surface area (Å²) < 4.78 is 5.21. The van der Waals surface area contributed by atoms with E-state index in [4.69, 9.17) is 9.72 Å². The van der Waals surface area contributed by atoms with Gasteiger partial charge in [-0.1, -0.05) is 42.5 Å². The van der Waals surface area contributed by atoms with Gasteiger partial charge in [0, 0.05) is 17.8 Å². The summed E-state index contributed by atoms with van der Waals surface area (Å²) in [5.41, 5.74) is 4.06. The molecule has 4 rings (SSSR count). The number of aryl methyl sites for hydroxylation is 1. The molecule has 0 saturated carbocycles. The largest absolute Gasteiger partial charge is 0.497 e. The predicted molar refractivity (Wildman–Crippen MR) is 104 cm³/mol. The maximum Gasteiger partial charge on any atom is 0.163 e. The lowest BCUT2D eigenvalue weighted by Gasteiger charge is -2.10. The second-order valence-electron chi connectivity index (χ2n) is 6.18. The lowest BCUT2D eigenvalue weighted by atomic mass is 10.2. The summed E-state index contributed by atoms with van der Waals surface area (Å²) >= 11 is 0. The first-order valence-corrected chi connectivity index (χ1v) is 8.52. The van der Waals surface area contributed by atoms with Crippen LogP contribution in [0.5, 0.6) is 5.75 Å². The number of hydrogen-bond donors (Lipinski definition) is 2. The van der Waals surface area contributed by atoms with Crippen molar-refractivity contribution in [3.05, 3.63) is 71.9 Å². The Morgan fingerprint density at radius 1 is 1.00 bits per heavy atom. The number of benzene rings is 2. The van der Waals surface area contributed by atoms with Crippen LogP contribution in [0.15, 0.2) is 60.7 Å². The fraction of sp³-hybridized carbons (Fsp3) is 0.143. The van der Waals surface area contributed by atoms with E-state index < -0.39 is 0 Å². The van der Waals surface area contributed by atoms with Gasteiger partial charge in [-0.15, -0.1) is 0 Å². The molecule has 5 heteroatoms. The third kappa shape index (κ3) is 3.24. The molecule has 2 aromatic carbocycles. The van der Waals surface area contributed by atoms with Gasteiger partial charge in [0.25, 0.3) is 0 Å². The second kappa shape index (κ2) is 6.88. The number of nitrogens with one attached hydrogen (secondary N) is 2.